The molecule has 0 unspecified atom stereocenters. The molecule has 174 valence electrons. The molecule has 2 heterocycles. The van der Waals surface area contributed by atoms with Crippen molar-refractivity contribution < 1.29 is 23.5 Å². The fraction of sp³-hybridized carbons (Fsp3) is 0.304. The van der Waals surface area contributed by atoms with E-state index in [4.69, 9.17) is 0 Å². The maximum absolute atomic E-state index is 14.9. The van der Waals surface area contributed by atoms with Crippen molar-refractivity contribution >= 4 is 17.7 Å². The lowest BCUT2D eigenvalue weighted by molar-refractivity contribution is -0.141. The second-order valence-electron chi connectivity index (χ2n) is 7.58. The van der Waals surface area contributed by atoms with Gasteiger partial charge in [0.05, 0.1) is 17.7 Å². The largest absolute Gasteiger partial charge is 0.481 e. The van der Waals surface area contributed by atoms with E-state index in [9.17, 15) is 23.5 Å². The molecule has 3 aromatic rings. The van der Waals surface area contributed by atoms with Crippen molar-refractivity contribution in [3.8, 4) is 11.3 Å². The number of carbonyl (C=O) groups excluding carboxylic acids is 1. The molecular formula is C23H25F2N5O3. The summed E-state index contributed by atoms with van der Waals surface area (Å²) >= 11 is 0. The van der Waals surface area contributed by atoms with Crippen LogP contribution in [-0.2, 0) is 18.3 Å². The summed E-state index contributed by atoms with van der Waals surface area (Å²) in [4.78, 5) is 28.3. The number of hydrogen-bond donors (Lipinski definition) is 3. The van der Waals surface area contributed by atoms with Crippen molar-refractivity contribution in [1.29, 1.82) is 0 Å². The minimum absolute atomic E-state index is 0.0184. The van der Waals surface area contributed by atoms with Crippen LogP contribution in [-0.4, -0.2) is 44.8 Å². The molecule has 0 spiro atoms. The predicted octanol–water partition coefficient (Wildman–Crippen LogP) is 3.26. The number of nitrogens with one attached hydrogen (secondary N) is 2. The molecule has 0 saturated heterocycles. The highest BCUT2D eigenvalue weighted by molar-refractivity contribution is 5.99. The molecule has 0 bridgehead atoms. The number of carboxylic acid groups (broad SMARTS) is 1. The van der Waals surface area contributed by atoms with Gasteiger partial charge in [0.1, 0.15) is 17.3 Å². The number of nitrogens with zero attached hydrogens (tertiary/aromatic N) is 3. The first-order valence-electron chi connectivity index (χ1n) is 10.5. The highest BCUT2D eigenvalue weighted by Gasteiger charge is 2.21. The summed E-state index contributed by atoms with van der Waals surface area (Å²) in [5.41, 5.74) is 1.15. The van der Waals surface area contributed by atoms with Crippen molar-refractivity contribution in [2.24, 2.45) is 13.0 Å². The van der Waals surface area contributed by atoms with Crippen LogP contribution in [0.4, 0.5) is 14.6 Å². The number of benzene rings is 1. The molecule has 1 aromatic carbocycles. The van der Waals surface area contributed by atoms with Crippen molar-refractivity contribution in [2.75, 3.05) is 18.4 Å². The molecular weight excluding hydrogens is 432 g/mol. The molecule has 1 atom stereocenters. The molecule has 33 heavy (non-hydrogen) atoms. The predicted molar refractivity (Wildman–Crippen MR) is 119 cm³/mol. The van der Waals surface area contributed by atoms with Gasteiger partial charge in [0.25, 0.3) is 5.91 Å². The average Bonchev–Trinajstić information content (AvgIpc) is 3.20. The first-order valence-corrected chi connectivity index (χ1v) is 10.5. The summed E-state index contributed by atoms with van der Waals surface area (Å²) in [6.07, 6.45) is 3.83. The van der Waals surface area contributed by atoms with Crippen molar-refractivity contribution in [3.63, 3.8) is 0 Å². The third-order valence-electron chi connectivity index (χ3n) is 5.15. The van der Waals surface area contributed by atoms with Crippen molar-refractivity contribution in [2.45, 2.75) is 19.8 Å². The maximum atomic E-state index is 14.9. The molecule has 0 fully saturated rings. The normalized spacial score (nSPS) is 11.8. The number of hydrogen-bond acceptors (Lipinski definition) is 5. The Hall–Kier alpha value is -3.82. The van der Waals surface area contributed by atoms with Crippen LogP contribution in [0.15, 0.2) is 42.7 Å². The smallest absolute Gasteiger partial charge is 0.308 e. The van der Waals surface area contributed by atoms with Crippen molar-refractivity contribution in [1.82, 2.24) is 20.1 Å². The van der Waals surface area contributed by atoms with Crippen LogP contribution in [0.2, 0.25) is 0 Å². The number of amides is 1. The first kappa shape index (κ1) is 23.8. The second kappa shape index (κ2) is 10.7. The van der Waals surface area contributed by atoms with Gasteiger partial charge in [0, 0.05) is 31.9 Å². The maximum Gasteiger partial charge on any atom is 0.308 e. The minimum Gasteiger partial charge on any atom is -0.481 e. The molecule has 0 saturated carbocycles. The topological polar surface area (TPSA) is 109 Å². The highest BCUT2D eigenvalue weighted by Crippen LogP contribution is 2.25. The van der Waals surface area contributed by atoms with Gasteiger partial charge >= 0.3 is 5.97 Å². The number of aromatic nitrogens is 3. The Kier molecular flexibility index (Phi) is 7.70. The molecule has 0 aliphatic heterocycles. The average molecular weight is 457 g/mol. The number of pyridine rings is 1. The van der Waals surface area contributed by atoms with Gasteiger partial charge in [-0.2, -0.15) is 5.10 Å². The lowest BCUT2D eigenvalue weighted by Crippen LogP contribution is -2.33. The standard InChI is InChI=1S/C23H25F2N5O3/c1-3-15(23(32)33)11-27-22(31)18-10-19(25)20(16-12-28-30(2)13-16)29-21(18)26-8-7-14-5-4-6-17(24)9-14/h4-6,9-10,12-13,15H,3,7-8,11H2,1-2H3,(H,26,29)(H,27,31)(H,32,33)/t15-/m1/s1. The van der Waals surface area contributed by atoms with E-state index in [-0.39, 0.29) is 29.4 Å². The van der Waals surface area contributed by atoms with E-state index in [0.717, 1.165) is 11.6 Å². The number of carbonyl (C=O) groups is 2. The van der Waals surface area contributed by atoms with Gasteiger partial charge in [0.2, 0.25) is 0 Å². The Morgan fingerprint density at radius 1 is 1.24 bits per heavy atom. The van der Waals surface area contributed by atoms with Crippen LogP contribution < -0.4 is 10.6 Å². The number of anilines is 1. The van der Waals surface area contributed by atoms with E-state index < -0.39 is 23.6 Å². The lowest BCUT2D eigenvalue weighted by Gasteiger charge is -2.15. The summed E-state index contributed by atoms with van der Waals surface area (Å²) < 4.78 is 29.8. The van der Waals surface area contributed by atoms with Crippen LogP contribution in [0.5, 0.6) is 0 Å². The fourth-order valence-corrected chi connectivity index (χ4v) is 3.28. The monoisotopic (exact) mass is 457 g/mol. The summed E-state index contributed by atoms with van der Waals surface area (Å²) in [6, 6.07) is 7.20. The summed E-state index contributed by atoms with van der Waals surface area (Å²) in [7, 11) is 1.69. The molecule has 8 nitrogen and oxygen atoms in total. The van der Waals surface area contributed by atoms with E-state index in [1.54, 1.807) is 32.3 Å². The van der Waals surface area contributed by atoms with Crippen molar-refractivity contribution in [3.05, 3.63) is 65.5 Å². The van der Waals surface area contributed by atoms with Gasteiger partial charge in [0.15, 0.2) is 5.82 Å². The van der Waals surface area contributed by atoms with Gasteiger partial charge in [-0.15, -0.1) is 0 Å². The van der Waals surface area contributed by atoms with E-state index in [1.165, 1.54) is 23.0 Å². The fourth-order valence-electron chi connectivity index (χ4n) is 3.28. The Bertz CT molecular complexity index is 1150. The lowest BCUT2D eigenvalue weighted by atomic mass is 10.1. The van der Waals surface area contributed by atoms with E-state index in [2.05, 4.69) is 20.7 Å². The zero-order chi connectivity index (χ0) is 24.0. The van der Waals surface area contributed by atoms with Gasteiger partial charge in [-0.3, -0.25) is 14.3 Å². The molecule has 3 rings (SSSR count). The SMILES string of the molecule is CC[C@H](CNC(=O)c1cc(F)c(-c2cnn(C)c2)nc1NCCc1cccc(F)c1)C(=O)O. The Morgan fingerprint density at radius 2 is 2.03 bits per heavy atom. The third kappa shape index (κ3) is 6.12. The molecule has 0 aliphatic carbocycles. The molecule has 1 amide bonds. The number of halogens is 2. The van der Waals surface area contributed by atoms with Gasteiger partial charge in [-0.25, -0.2) is 13.8 Å². The molecule has 2 aromatic heterocycles. The van der Waals surface area contributed by atoms with E-state index in [0.29, 0.717) is 24.9 Å². The Labute approximate surface area is 189 Å². The van der Waals surface area contributed by atoms with Crippen LogP contribution in [0.25, 0.3) is 11.3 Å². The molecule has 0 radical (unpaired) electrons. The molecule has 0 aliphatic rings. The number of carboxylic acids is 1. The quantitative estimate of drug-likeness (QED) is 0.431. The van der Waals surface area contributed by atoms with Crippen LogP contribution in [0, 0.1) is 17.6 Å². The zero-order valence-corrected chi connectivity index (χ0v) is 18.3. The summed E-state index contributed by atoms with van der Waals surface area (Å²) in [5, 5.41) is 18.8. The summed E-state index contributed by atoms with van der Waals surface area (Å²) in [6.45, 7) is 1.91. The van der Waals surface area contributed by atoms with Gasteiger partial charge < -0.3 is 15.7 Å². The van der Waals surface area contributed by atoms with E-state index in [1.807, 2.05) is 0 Å². The number of rotatable bonds is 10. The number of aryl methyl sites for hydroxylation is 1. The Morgan fingerprint density at radius 3 is 2.67 bits per heavy atom. The number of aliphatic carboxylic acids is 1. The minimum atomic E-state index is -1.03. The molecule has 10 heteroatoms. The second-order valence-corrected chi connectivity index (χ2v) is 7.58. The van der Waals surface area contributed by atoms with Crippen LogP contribution in [0.3, 0.4) is 0 Å². The van der Waals surface area contributed by atoms with Gasteiger partial charge in [-0.05, 0) is 36.6 Å². The van der Waals surface area contributed by atoms with Gasteiger partial charge in [-0.1, -0.05) is 19.1 Å². The zero-order valence-electron chi connectivity index (χ0n) is 18.3. The molecule has 3 N–H and O–H groups in total. The summed E-state index contributed by atoms with van der Waals surface area (Å²) in [5.74, 6) is -3.36. The van der Waals surface area contributed by atoms with Crippen LogP contribution in [0.1, 0.15) is 29.3 Å². The third-order valence-corrected chi connectivity index (χ3v) is 5.15. The van der Waals surface area contributed by atoms with E-state index >= 15 is 0 Å². The highest BCUT2D eigenvalue weighted by atomic mass is 19.1. The Balaban J connectivity index is 1.85. The first-order chi connectivity index (χ1) is 15.8. The van der Waals surface area contributed by atoms with Crippen LogP contribution >= 0.6 is 0 Å².